The number of hydrogen-bond donors (Lipinski definition) is 0. The second-order valence-electron chi connectivity index (χ2n) is 6.85. The van der Waals surface area contributed by atoms with Crippen molar-refractivity contribution in [1.29, 1.82) is 0 Å². The van der Waals surface area contributed by atoms with Gasteiger partial charge in [-0.2, -0.15) is 5.10 Å². The Hall–Kier alpha value is -2.99. The summed E-state index contributed by atoms with van der Waals surface area (Å²) in [6.07, 6.45) is 0. The Kier molecular flexibility index (Phi) is 4.96. The quantitative estimate of drug-likeness (QED) is 0.485. The SMILES string of the molecule is Cc1nn(Cc2ccccc2)c2sc(C(=O)N(C)Cc3ccc(F)cc3)cc12. The molecule has 0 saturated carbocycles. The molecular formula is C22H20FN3OS. The van der Waals surface area contributed by atoms with Crippen LogP contribution in [0.2, 0.25) is 0 Å². The number of amides is 1. The zero-order valence-electron chi connectivity index (χ0n) is 15.7. The van der Waals surface area contributed by atoms with E-state index in [0.29, 0.717) is 18.0 Å². The molecule has 142 valence electrons. The summed E-state index contributed by atoms with van der Waals surface area (Å²) in [6.45, 7) is 3.07. The third kappa shape index (κ3) is 3.68. The fraction of sp³-hybridized carbons (Fsp3) is 0.182. The monoisotopic (exact) mass is 393 g/mol. The molecule has 28 heavy (non-hydrogen) atoms. The highest BCUT2D eigenvalue weighted by molar-refractivity contribution is 7.20. The van der Waals surface area contributed by atoms with Crippen molar-refractivity contribution in [3.63, 3.8) is 0 Å². The Morgan fingerprint density at radius 2 is 1.82 bits per heavy atom. The number of rotatable bonds is 5. The molecule has 2 aromatic heterocycles. The number of halogens is 1. The van der Waals surface area contributed by atoms with Crippen molar-refractivity contribution in [2.75, 3.05) is 7.05 Å². The fourth-order valence-corrected chi connectivity index (χ4v) is 4.36. The zero-order chi connectivity index (χ0) is 19.7. The fourth-order valence-electron chi connectivity index (χ4n) is 3.21. The minimum atomic E-state index is -0.277. The summed E-state index contributed by atoms with van der Waals surface area (Å²) in [6, 6.07) is 18.3. The van der Waals surface area contributed by atoms with Gasteiger partial charge in [-0.05, 0) is 36.2 Å². The number of fused-ring (bicyclic) bond motifs is 1. The first-order valence-electron chi connectivity index (χ1n) is 9.02. The summed E-state index contributed by atoms with van der Waals surface area (Å²) in [7, 11) is 1.76. The summed E-state index contributed by atoms with van der Waals surface area (Å²) >= 11 is 1.46. The van der Waals surface area contributed by atoms with Gasteiger partial charge in [0.05, 0.1) is 17.1 Å². The van der Waals surface area contributed by atoms with Crippen LogP contribution in [0.1, 0.15) is 26.5 Å². The maximum absolute atomic E-state index is 13.1. The van der Waals surface area contributed by atoms with Crippen LogP contribution >= 0.6 is 11.3 Å². The summed E-state index contributed by atoms with van der Waals surface area (Å²) in [4.78, 5) is 16.2. The number of nitrogens with zero attached hydrogens (tertiary/aromatic N) is 3. The van der Waals surface area contributed by atoms with E-state index in [4.69, 9.17) is 0 Å². The molecule has 0 unspecified atom stereocenters. The van der Waals surface area contributed by atoms with Crippen LogP contribution in [0.15, 0.2) is 60.7 Å². The normalized spacial score (nSPS) is 11.1. The molecule has 0 saturated heterocycles. The second-order valence-corrected chi connectivity index (χ2v) is 7.88. The number of aromatic nitrogens is 2. The van der Waals surface area contributed by atoms with Crippen LogP contribution in [0.25, 0.3) is 10.2 Å². The van der Waals surface area contributed by atoms with Gasteiger partial charge in [-0.15, -0.1) is 11.3 Å². The van der Waals surface area contributed by atoms with Gasteiger partial charge < -0.3 is 4.90 Å². The third-order valence-electron chi connectivity index (χ3n) is 4.67. The van der Waals surface area contributed by atoms with Gasteiger partial charge in [-0.25, -0.2) is 4.39 Å². The highest BCUT2D eigenvalue weighted by atomic mass is 32.1. The van der Waals surface area contributed by atoms with E-state index in [2.05, 4.69) is 17.2 Å². The molecule has 0 bridgehead atoms. The van der Waals surface area contributed by atoms with Gasteiger partial charge in [0.25, 0.3) is 5.91 Å². The van der Waals surface area contributed by atoms with Gasteiger partial charge in [-0.3, -0.25) is 9.48 Å². The Morgan fingerprint density at radius 1 is 1.11 bits per heavy atom. The summed E-state index contributed by atoms with van der Waals surface area (Å²) < 4.78 is 15.0. The van der Waals surface area contributed by atoms with Gasteiger partial charge in [0.1, 0.15) is 10.6 Å². The minimum Gasteiger partial charge on any atom is -0.337 e. The number of thiophene rings is 1. The second kappa shape index (κ2) is 7.56. The summed E-state index contributed by atoms with van der Waals surface area (Å²) in [5.74, 6) is -0.322. The first-order chi connectivity index (χ1) is 13.5. The van der Waals surface area contributed by atoms with Crippen molar-refractivity contribution in [2.24, 2.45) is 0 Å². The van der Waals surface area contributed by atoms with Crippen molar-refractivity contribution >= 4 is 27.5 Å². The van der Waals surface area contributed by atoms with Crippen LogP contribution < -0.4 is 0 Å². The molecule has 1 amide bonds. The standard InChI is InChI=1S/C22H20FN3OS/c1-15-19-12-20(21(27)25(2)13-17-8-10-18(23)11-9-17)28-22(19)26(24-15)14-16-6-4-3-5-7-16/h3-12H,13-14H2,1-2H3. The van der Waals surface area contributed by atoms with Crippen LogP contribution in [0.3, 0.4) is 0 Å². The van der Waals surface area contributed by atoms with Gasteiger partial charge in [0, 0.05) is 19.0 Å². The molecule has 0 radical (unpaired) electrons. The maximum Gasteiger partial charge on any atom is 0.264 e. The summed E-state index contributed by atoms with van der Waals surface area (Å²) in [5.41, 5.74) is 2.98. The number of benzene rings is 2. The Morgan fingerprint density at radius 3 is 2.54 bits per heavy atom. The smallest absolute Gasteiger partial charge is 0.264 e. The Bertz CT molecular complexity index is 1120. The lowest BCUT2D eigenvalue weighted by molar-refractivity contribution is 0.0790. The van der Waals surface area contributed by atoms with Crippen LogP contribution in [0.5, 0.6) is 0 Å². The van der Waals surface area contributed by atoms with E-state index in [9.17, 15) is 9.18 Å². The van der Waals surface area contributed by atoms with Crippen molar-refractivity contribution < 1.29 is 9.18 Å². The number of carbonyl (C=O) groups is 1. The highest BCUT2D eigenvalue weighted by Gasteiger charge is 2.19. The average Bonchev–Trinajstić information content (AvgIpc) is 3.25. The molecule has 2 aromatic carbocycles. The molecule has 0 aliphatic rings. The van der Waals surface area contributed by atoms with Crippen LogP contribution in [0.4, 0.5) is 4.39 Å². The van der Waals surface area contributed by atoms with E-state index < -0.39 is 0 Å². The van der Waals surface area contributed by atoms with E-state index in [1.165, 1.54) is 29.0 Å². The highest BCUT2D eigenvalue weighted by Crippen LogP contribution is 2.29. The molecule has 0 N–H and O–H groups in total. The third-order valence-corrected chi connectivity index (χ3v) is 5.81. The van der Waals surface area contributed by atoms with Crippen molar-refractivity contribution in [1.82, 2.24) is 14.7 Å². The molecule has 0 aliphatic heterocycles. The number of carbonyl (C=O) groups excluding carboxylic acids is 1. The van der Waals surface area contributed by atoms with E-state index in [1.807, 2.05) is 35.9 Å². The molecular weight excluding hydrogens is 373 g/mol. The molecule has 0 spiro atoms. The molecule has 4 aromatic rings. The van der Waals surface area contributed by atoms with Crippen LogP contribution in [-0.2, 0) is 13.1 Å². The van der Waals surface area contributed by atoms with Gasteiger partial charge >= 0.3 is 0 Å². The van der Waals surface area contributed by atoms with Crippen molar-refractivity contribution in [3.8, 4) is 0 Å². The summed E-state index contributed by atoms with van der Waals surface area (Å²) in [5, 5.41) is 5.65. The van der Waals surface area contributed by atoms with Crippen LogP contribution in [-0.4, -0.2) is 27.6 Å². The average molecular weight is 393 g/mol. The van der Waals surface area contributed by atoms with Gasteiger partial charge in [0.2, 0.25) is 0 Å². The minimum absolute atomic E-state index is 0.0452. The van der Waals surface area contributed by atoms with E-state index in [-0.39, 0.29) is 11.7 Å². The van der Waals surface area contributed by atoms with E-state index in [1.54, 1.807) is 24.1 Å². The molecule has 4 nitrogen and oxygen atoms in total. The Balaban J connectivity index is 1.57. The van der Waals surface area contributed by atoms with E-state index >= 15 is 0 Å². The maximum atomic E-state index is 13.1. The van der Waals surface area contributed by atoms with Crippen molar-refractivity contribution in [3.05, 3.63) is 88.2 Å². The van der Waals surface area contributed by atoms with Crippen molar-refractivity contribution in [2.45, 2.75) is 20.0 Å². The topological polar surface area (TPSA) is 38.1 Å². The number of hydrogen-bond acceptors (Lipinski definition) is 3. The molecule has 0 aliphatic carbocycles. The Labute approximate surface area is 166 Å². The van der Waals surface area contributed by atoms with Crippen LogP contribution in [0, 0.1) is 12.7 Å². The number of aryl methyl sites for hydroxylation is 1. The van der Waals surface area contributed by atoms with Gasteiger partial charge in [0.15, 0.2) is 0 Å². The first-order valence-corrected chi connectivity index (χ1v) is 9.83. The lowest BCUT2D eigenvalue weighted by atomic mass is 10.2. The zero-order valence-corrected chi connectivity index (χ0v) is 16.5. The molecule has 0 fully saturated rings. The van der Waals surface area contributed by atoms with Gasteiger partial charge in [-0.1, -0.05) is 42.5 Å². The molecule has 4 rings (SSSR count). The lowest BCUT2D eigenvalue weighted by Gasteiger charge is -2.16. The molecule has 0 atom stereocenters. The van der Waals surface area contributed by atoms with E-state index in [0.717, 1.165) is 21.5 Å². The predicted molar refractivity (Wildman–Crippen MR) is 110 cm³/mol. The molecule has 2 heterocycles. The first kappa shape index (κ1) is 18.4. The predicted octanol–water partition coefficient (Wildman–Crippen LogP) is 4.87. The lowest BCUT2D eigenvalue weighted by Crippen LogP contribution is -2.25. The molecule has 6 heteroatoms. The largest absolute Gasteiger partial charge is 0.337 e.